The second-order valence-electron chi connectivity index (χ2n) is 9.95. The highest BCUT2D eigenvalue weighted by atomic mass is 15.5. The minimum absolute atomic E-state index is 0.136. The second-order valence-corrected chi connectivity index (χ2v) is 9.95. The van der Waals surface area contributed by atoms with Crippen molar-refractivity contribution in [2.24, 2.45) is 0 Å². The summed E-state index contributed by atoms with van der Waals surface area (Å²) in [6.07, 6.45) is 5.45. The molecule has 0 fully saturated rings. The molecule has 1 atom stereocenters. The van der Waals surface area contributed by atoms with Crippen molar-refractivity contribution in [3.63, 3.8) is 0 Å². The molecule has 3 aromatic carbocycles. The van der Waals surface area contributed by atoms with Gasteiger partial charge in [0.05, 0.1) is 11.0 Å². The maximum Gasteiger partial charge on any atom is 0.179 e. The van der Waals surface area contributed by atoms with Gasteiger partial charge in [0.25, 0.3) is 0 Å². The molecular weight excluding hydrogens is 428 g/mol. The van der Waals surface area contributed by atoms with E-state index in [9.17, 15) is 0 Å². The third-order valence-corrected chi connectivity index (χ3v) is 8.46. The van der Waals surface area contributed by atoms with Gasteiger partial charge >= 0.3 is 0 Å². The second kappa shape index (κ2) is 8.37. The topological polar surface area (TPSA) is 32.3 Å². The summed E-state index contributed by atoms with van der Waals surface area (Å²) in [5.74, 6) is 1.95. The summed E-state index contributed by atoms with van der Waals surface area (Å²) in [5.41, 5.74) is 8.77. The number of hydrogen-bond acceptors (Lipinski definition) is 4. The van der Waals surface area contributed by atoms with Crippen LogP contribution in [-0.4, -0.2) is 16.1 Å². The van der Waals surface area contributed by atoms with E-state index in [-0.39, 0.29) is 11.6 Å². The largest absolute Gasteiger partial charge is 0.302 e. The van der Waals surface area contributed by atoms with Gasteiger partial charge in [0.15, 0.2) is 11.6 Å². The number of aromatic nitrogens is 2. The number of aryl methyl sites for hydroxylation is 2. The number of para-hydroxylation sites is 2. The first-order valence-electron chi connectivity index (χ1n) is 13.2. The Morgan fingerprint density at radius 1 is 0.743 bits per heavy atom. The Hall–Kier alpha value is -3.40. The molecule has 3 heterocycles. The zero-order chi connectivity index (χ0) is 24.2. The van der Waals surface area contributed by atoms with E-state index in [4.69, 9.17) is 9.97 Å². The van der Waals surface area contributed by atoms with E-state index in [1.807, 2.05) is 0 Å². The van der Waals surface area contributed by atoms with Gasteiger partial charge in [-0.3, -0.25) is 0 Å². The molecule has 0 saturated heterocycles. The molecular formula is C31H34N4. The molecule has 0 aliphatic carbocycles. The smallest absolute Gasteiger partial charge is 0.179 e. The quantitative estimate of drug-likeness (QED) is 0.302. The van der Waals surface area contributed by atoms with Gasteiger partial charge in [-0.05, 0) is 79.1 Å². The van der Waals surface area contributed by atoms with Crippen molar-refractivity contribution in [3.8, 4) is 0 Å². The van der Waals surface area contributed by atoms with Gasteiger partial charge in [0.2, 0.25) is 0 Å². The van der Waals surface area contributed by atoms with Crippen LogP contribution in [0.2, 0.25) is 0 Å². The zero-order valence-corrected chi connectivity index (χ0v) is 21.3. The highest BCUT2D eigenvalue weighted by molar-refractivity contribution is 5.91. The van der Waals surface area contributed by atoms with Crippen LogP contribution in [0.15, 0.2) is 66.7 Å². The Morgan fingerprint density at radius 3 is 1.91 bits per heavy atom. The predicted octanol–water partition coefficient (Wildman–Crippen LogP) is 7.83. The fourth-order valence-corrected chi connectivity index (χ4v) is 6.40. The van der Waals surface area contributed by atoms with E-state index < -0.39 is 0 Å². The van der Waals surface area contributed by atoms with Gasteiger partial charge < -0.3 is 9.80 Å². The molecule has 1 aromatic heterocycles. The van der Waals surface area contributed by atoms with Crippen molar-refractivity contribution in [1.29, 1.82) is 0 Å². The normalized spacial score (nSPS) is 17.9. The predicted molar refractivity (Wildman–Crippen MR) is 146 cm³/mol. The first-order valence-corrected chi connectivity index (χ1v) is 13.2. The van der Waals surface area contributed by atoms with Crippen molar-refractivity contribution < 1.29 is 0 Å². The molecule has 2 aliphatic rings. The Balaban J connectivity index is 1.64. The van der Waals surface area contributed by atoms with Crippen molar-refractivity contribution >= 4 is 34.0 Å². The van der Waals surface area contributed by atoms with Crippen molar-refractivity contribution in [2.75, 3.05) is 9.80 Å². The van der Waals surface area contributed by atoms with E-state index in [1.54, 1.807) is 0 Å². The lowest BCUT2D eigenvalue weighted by molar-refractivity contribution is 0.322. The van der Waals surface area contributed by atoms with Crippen LogP contribution in [0.4, 0.5) is 23.0 Å². The third-order valence-electron chi connectivity index (χ3n) is 8.46. The lowest BCUT2D eigenvalue weighted by atomic mass is 9.69. The molecule has 178 valence electrons. The number of fused-ring (bicyclic) bond motifs is 6. The summed E-state index contributed by atoms with van der Waals surface area (Å²) < 4.78 is 0. The van der Waals surface area contributed by atoms with Gasteiger partial charge in [0.1, 0.15) is 6.17 Å². The first-order chi connectivity index (χ1) is 17.1. The standard InChI is InChI=1S/C31H34N4/c1-5-21-18-25-26(19-22(21)6-2)33-30-29(32-25)34(23-14-10-9-11-15-23)28-20-31(7-3,8-4)24-16-12-13-17-27(24)35(28)30/h9-19,28H,5-8,20H2,1-4H3. The van der Waals surface area contributed by atoms with Gasteiger partial charge in [-0.15, -0.1) is 0 Å². The average molecular weight is 463 g/mol. The molecule has 0 bridgehead atoms. The molecule has 1 unspecified atom stereocenters. The molecule has 0 spiro atoms. The fourth-order valence-electron chi connectivity index (χ4n) is 6.40. The summed E-state index contributed by atoms with van der Waals surface area (Å²) in [7, 11) is 0. The molecule has 0 N–H and O–H groups in total. The summed E-state index contributed by atoms with van der Waals surface area (Å²) in [4.78, 5) is 15.5. The van der Waals surface area contributed by atoms with E-state index in [0.717, 1.165) is 54.8 Å². The van der Waals surface area contributed by atoms with E-state index in [2.05, 4.69) is 104 Å². The summed E-state index contributed by atoms with van der Waals surface area (Å²) in [5, 5.41) is 0. The Bertz CT molecular complexity index is 1390. The monoisotopic (exact) mass is 462 g/mol. The van der Waals surface area contributed by atoms with Crippen LogP contribution in [0.1, 0.15) is 63.6 Å². The maximum atomic E-state index is 5.32. The van der Waals surface area contributed by atoms with Crippen LogP contribution >= 0.6 is 0 Å². The fraction of sp³-hybridized carbons (Fsp3) is 0.355. The molecule has 4 aromatic rings. The first kappa shape index (κ1) is 22.1. The highest BCUT2D eigenvalue weighted by Crippen LogP contribution is 2.56. The number of hydrogen-bond donors (Lipinski definition) is 0. The Morgan fingerprint density at radius 2 is 1.31 bits per heavy atom. The summed E-state index contributed by atoms with van der Waals surface area (Å²) >= 11 is 0. The maximum absolute atomic E-state index is 5.32. The SMILES string of the molecule is CCc1cc2nc3c(nc2cc1CC)N1c2ccccc2C(CC)(CC)CC1N3c1ccccc1. The Labute approximate surface area is 208 Å². The van der Waals surface area contributed by atoms with Gasteiger partial charge in [-0.1, -0.05) is 64.1 Å². The van der Waals surface area contributed by atoms with Crippen LogP contribution in [0.5, 0.6) is 0 Å². The van der Waals surface area contributed by atoms with Gasteiger partial charge in [0, 0.05) is 16.8 Å². The molecule has 2 aliphatic heterocycles. The van der Waals surface area contributed by atoms with Crippen LogP contribution in [-0.2, 0) is 18.3 Å². The van der Waals surface area contributed by atoms with Crippen LogP contribution in [0.25, 0.3) is 11.0 Å². The van der Waals surface area contributed by atoms with Crippen molar-refractivity contribution in [1.82, 2.24) is 9.97 Å². The minimum atomic E-state index is 0.136. The van der Waals surface area contributed by atoms with Crippen LogP contribution in [0, 0.1) is 0 Å². The molecule has 6 rings (SSSR count). The third kappa shape index (κ3) is 3.19. The molecule has 0 saturated carbocycles. The number of rotatable bonds is 5. The molecule has 0 amide bonds. The summed E-state index contributed by atoms with van der Waals surface area (Å²) in [6.45, 7) is 9.14. The van der Waals surface area contributed by atoms with E-state index in [0.29, 0.717) is 0 Å². The van der Waals surface area contributed by atoms with Crippen molar-refractivity contribution in [2.45, 2.75) is 71.4 Å². The molecule has 35 heavy (non-hydrogen) atoms. The Kier molecular flexibility index (Phi) is 5.28. The minimum Gasteiger partial charge on any atom is -0.302 e. The average Bonchev–Trinajstić information content (AvgIpc) is 3.23. The molecule has 4 nitrogen and oxygen atoms in total. The number of nitrogens with zero attached hydrogens (tertiary/aromatic N) is 4. The molecule has 4 heteroatoms. The lowest BCUT2D eigenvalue weighted by Gasteiger charge is -2.47. The number of benzene rings is 3. The van der Waals surface area contributed by atoms with Gasteiger partial charge in [-0.2, -0.15) is 0 Å². The zero-order valence-electron chi connectivity index (χ0n) is 21.3. The van der Waals surface area contributed by atoms with E-state index >= 15 is 0 Å². The van der Waals surface area contributed by atoms with E-state index in [1.165, 1.54) is 28.1 Å². The van der Waals surface area contributed by atoms with Crippen LogP contribution in [0.3, 0.4) is 0 Å². The van der Waals surface area contributed by atoms with Crippen LogP contribution < -0.4 is 9.80 Å². The lowest BCUT2D eigenvalue weighted by Crippen LogP contribution is -2.48. The van der Waals surface area contributed by atoms with Crippen molar-refractivity contribution in [3.05, 3.63) is 83.4 Å². The van der Waals surface area contributed by atoms with Gasteiger partial charge in [-0.25, -0.2) is 9.97 Å². The molecule has 0 radical (unpaired) electrons. The number of anilines is 4. The highest BCUT2D eigenvalue weighted by Gasteiger charge is 2.50. The summed E-state index contributed by atoms with van der Waals surface area (Å²) in [6, 6.07) is 24.2.